The number of hydrogen-bond donors (Lipinski definition) is 3. The predicted molar refractivity (Wildman–Crippen MR) is 144 cm³/mol. The number of alkyl carbamates (subject to hydrolysis) is 1. The van der Waals surface area contributed by atoms with E-state index in [0.29, 0.717) is 25.4 Å². The van der Waals surface area contributed by atoms with Gasteiger partial charge in [-0.25, -0.2) is 4.79 Å². The molecule has 7 heteroatoms. The van der Waals surface area contributed by atoms with Crippen LogP contribution in [0.5, 0.6) is 0 Å². The lowest BCUT2D eigenvalue weighted by molar-refractivity contribution is -0.125. The van der Waals surface area contributed by atoms with Crippen LogP contribution >= 0.6 is 0 Å². The summed E-state index contributed by atoms with van der Waals surface area (Å²) in [5.74, 6) is -0.631. The van der Waals surface area contributed by atoms with Gasteiger partial charge in [0, 0.05) is 0 Å². The highest BCUT2D eigenvalue weighted by Gasteiger charge is 2.56. The molecule has 1 aromatic carbocycles. The third-order valence-electron chi connectivity index (χ3n) is 7.88. The Balaban J connectivity index is 1.63. The van der Waals surface area contributed by atoms with Crippen LogP contribution in [0, 0.1) is 24.7 Å². The molecule has 0 bridgehead atoms. The van der Waals surface area contributed by atoms with Gasteiger partial charge in [0.15, 0.2) is 0 Å². The molecule has 3 unspecified atom stereocenters. The standard InChI is InChI=1S/C30H46N2O5/c1-5-6-16-23(27(33)26-25(28(26)34)22-15-11-10-12-20(22)4)31-29(35)24(17-19(2)3)32-30(36)37-18-21-13-8-7-9-14-21/h10-12,15,19,21,23-27,33H,5-9,13-14,16-18H2,1-4H3,(H,31,35)(H,32,36)/t23-,24-,25?,26?,27?/m0/s1. The normalized spacial score (nSPS) is 22.3. The molecule has 5 atom stereocenters. The van der Waals surface area contributed by atoms with Crippen LogP contribution in [0.2, 0.25) is 0 Å². The fraction of sp³-hybridized carbons (Fsp3) is 0.700. The highest BCUT2D eigenvalue weighted by molar-refractivity contribution is 6.05. The highest BCUT2D eigenvalue weighted by Crippen LogP contribution is 2.47. The zero-order chi connectivity index (χ0) is 26.9. The fourth-order valence-corrected chi connectivity index (χ4v) is 5.63. The number of carbonyl (C=O) groups excluding carboxylic acids is 3. The molecule has 0 aliphatic heterocycles. The first kappa shape index (κ1) is 29.2. The van der Waals surface area contributed by atoms with Crippen LogP contribution < -0.4 is 10.6 Å². The van der Waals surface area contributed by atoms with Gasteiger partial charge in [-0.15, -0.1) is 0 Å². The summed E-state index contributed by atoms with van der Waals surface area (Å²) in [6.07, 6.45) is 6.90. The van der Waals surface area contributed by atoms with E-state index in [0.717, 1.165) is 36.8 Å². The van der Waals surface area contributed by atoms with Crippen molar-refractivity contribution in [3.8, 4) is 0 Å². The quantitative estimate of drug-likeness (QED) is 0.342. The zero-order valence-electron chi connectivity index (χ0n) is 23.0. The van der Waals surface area contributed by atoms with Crippen LogP contribution in [0.1, 0.15) is 95.6 Å². The van der Waals surface area contributed by atoms with Crippen molar-refractivity contribution in [3.63, 3.8) is 0 Å². The maximum Gasteiger partial charge on any atom is 0.407 e. The van der Waals surface area contributed by atoms with E-state index in [1.807, 2.05) is 45.0 Å². The molecule has 0 saturated heterocycles. The summed E-state index contributed by atoms with van der Waals surface area (Å²) in [4.78, 5) is 38.7. The van der Waals surface area contributed by atoms with Crippen molar-refractivity contribution in [2.24, 2.45) is 17.8 Å². The smallest absolute Gasteiger partial charge is 0.407 e. The molecule has 3 N–H and O–H groups in total. The number of hydrogen-bond acceptors (Lipinski definition) is 5. The van der Waals surface area contributed by atoms with Crippen LogP contribution in [0.25, 0.3) is 0 Å². The van der Waals surface area contributed by atoms with E-state index >= 15 is 0 Å². The van der Waals surface area contributed by atoms with Crippen molar-refractivity contribution in [1.82, 2.24) is 10.6 Å². The summed E-state index contributed by atoms with van der Waals surface area (Å²) in [5.41, 5.74) is 1.97. The molecule has 37 heavy (non-hydrogen) atoms. The first-order valence-electron chi connectivity index (χ1n) is 14.2. The summed E-state index contributed by atoms with van der Waals surface area (Å²) in [6, 6.07) is 6.41. The van der Waals surface area contributed by atoms with Crippen molar-refractivity contribution < 1.29 is 24.2 Å². The molecule has 1 aromatic rings. The number of aliphatic hydroxyl groups excluding tert-OH is 1. The van der Waals surface area contributed by atoms with Crippen LogP contribution in [-0.4, -0.2) is 47.7 Å². The molecule has 2 saturated carbocycles. The lowest BCUT2D eigenvalue weighted by atomic mass is 9.90. The number of rotatable bonds is 13. The molecule has 0 spiro atoms. The van der Waals surface area contributed by atoms with E-state index in [-0.39, 0.29) is 23.5 Å². The molecule has 2 aliphatic carbocycles. The minimum absolute atomic E-state index is 0.0145. The maximum atomic E-state index is 13.4. The molecule has 3 rings (SSSR count). The minimum Gasteiger partial charge on any atom is -0.449 e. The molecule has 0 aromatic heterocycles. The van der Waals surface area contributed by atoms with Crippen molar-refractivity contribution in [3.05, 3.63) is 35.4 Å². The van der Waals surface area contributed by atoms with Gasteiger partial charge >= 0.3 is 6.09 Å². The predicted octanol–water partition coefficient (Wildman–Crippen LogP) is 5.03. The molecule has 7 nitrogen and oxygen atoms in total. The van der Waals surface area contributed by atoms with E-state index in [9.17, 15) is 19.5 Å². The summed E-state index contributed by atoms with van der Waals surface area (Å²) in [6.45, 7) is 8.39. The number of amides is 2. The van der Waals surface area contributed by atoms with Gasteiger partial charge in [-0.2, -0.15) is 0 Å². The Morgan fingerprint density at radius 1 is 1.11 bits per heavy atom. The first-order valence-corrected chi connectivity index (χ1v) is 14.2. The zero-order valence-corrected chi connectivity index (χ0v) is 23.0. The van der Waals surface area contributed by atoms with E-state index in [1.54, 1.807) is 0 Å². The largest absolute Gasteiger partial charge is 0.449 e. The number of benzene rings is 1. The Labute approximate surface area is 222 Å². The number of Topliss-reactive ketones (excluding diaryl/α,β-unsaturated/α-hetero) is 1. The summed E-state index contributed by atoms with van der Waals surface area (Å²) >= 11 is 0. The Morgan fingerprint density at radius 3 is 2.46 bits per heavy atom. The molecule has 0 radical (unpaired) electrons. The second-order valence-electron chi connectivity index (χ2n) is 11.4. The average Bonchev–Trinajstić information content (AvgIpc) is 3.55. The minimum atomic E-state index is -0.981. The number of unbranched alkanes of at least 4 members (excludes halogenated alkanes) is 1. The number of nitrogens with one attached hydrogen (secondary N) is 2. The average molecular weight is 515 g/mol. The summed E-state index contributed by atoms with van der Waals surface area (Å²) in [5, 5.41) is 17.0. The van der Waals surface area contributed by atoms with Crippen molar-refractivity contribution in [1.29, 1.82) is 0 Å². The third-order valence-corrected chi connectivity index (χ3v) is 7.88. The first-order chi connectivity index (χ1) is 17.7. The number of aryl methyl sites for hydroxylation is 1. The van der Waals surface area contributed by atoms with Crippen molar-refractivity contribution >= 4 is 17.8 Å². The van der Waals surface area contributed by atoms with Crippen LogP contribution in [0.4, 0.5) is 4.79 Å². The van der Waals surface area contributed by atoms with Crippen molar-refractivity contribution in [2.45, 2.75) is 110 Å². The van der Waals surface area contributed by atoms with Gasteiger partial charge in [-0.05, 0) is 55.6 Å². The topological polar surface area (TPSA) is 105 Å². The number of carbonyl (C=O) groups is 3. The summed E-state index contributed by atoms with van der Waals surface area (Å²) in [7, 11) is 0. The van der Waals surface area contributed by atoms with Gasteiger partial charge in [0.1, 0.15) is 11.8 Å². The third kappa shape index (κ3) is 8.29. The van der Waals surface area contributed by atoms with Crippen LogP contribution in [-0.2, 0) is 14.3 Å². The van der Waals surface area contributed by atoms with E-state index in [4.69, 9.17) is 4.74 Å². The van der Waals surface area contributed by atoms with Gasteiger partial charge in [-0.3, -0.25) is 9.59 Å². The lowest BCUT2D eigenvalue weighted by Crippen LogP contribution is -2.53. The van der Waals surface area contributed by atoms with Crippen LogP contribution in [0.15, 0.2) is 24.3 Å². The maximum absolute atomic E-state index is 13.4. The van der Waals surface area contributed by atoms with Gasteiger partial charge in [0.2, 0.25) is 5.91 Å². The fourth-order valence-electron chi connectivity index (χ4n) is 5.63. The SMILES string of the molecule is CCCC[C@H](NC(=O)[C@H](CC(C)C)NC(=O)OCC1CCCCC1)C(O)C1C(=O)C1c1ccccc1C. The number of aliphatic hydroxyl groups is 1. The van der Waals surface area contributed by atoms with Gasteiger partial charge in [-0.1, -0.05) is 77.1 Å². The molecule has 2 amide bonds. The number of ketones is 1. The molecule has 206 valence electrons. The summed E-state index contributed by atoms with van der Waals surface area (Å²) < 4.78 is 5.47. The van der Waals surface area contributed by atoms with Gasteiger partial charge in [0.25, 0.3) is 0 Å². The number of ether oxygens (including phenoxy) is 1. The molecular formula is C30H46N2O5. The Kier molecular flexibility index (Phi) is 11.0. The van der Waals surface area contributed by atoms with E-state index in [2.05, 4.69) is 17.6 Å². The Bertz CT molecular complexity index is 911. The Hall–Kier alpha value is -2.41. The van der Waals surface area contributed by atoms with E-state index < -0.39 is 30.2 Å². The highest BCUT2D eigenvalue weighted by atomic mass is 16.5. The molecular weight excluding hydrogens is 468 g/mol. The van der Waals surface area contributed by atoms with Crippen molar-refractivity contribution in [2.75, 3.05) is 6.61 Å². The molecule has 0 heterocycles. The van der Waals surface area contributed by atoms with Gasteiger partial charge < -0.3 is 20.5 Å². The van der Waals surface area contributed by atoms with Gasteiger partial charge in [0.05, 0.1) is 30.6 Å². The Morgan fingerprint density at radius 2 is 1.81 bits per heavy atom. The van der Waals surface area contributed by atoms with E-state index in [1.165, 1.54) is 19.3 Å². The second-order valence-corrected chi connectivity index (χ2v) is 11.4. The van der Waals surface area contributed by atoms with Crippen LogP contribution in [0.3, 0.4) is 0 Å². The molecule has 2 aliphatic rings. The monoisotopic (exact) mass is 514 g/mol. The molecule has 2 fully saturated rings. The lowest BCUT2D eigenvalue weighted by Gasteiger charge is -2.28. The second kappa shape index (κ2) is 13.9.